The molecule has 0 aliphatic heterocycles. The van der Waals surface area contributed by atoms with Crippen LogP contribution in [0.4, 0.5) is 5.69 Å². The van der Waals surface area contributed by atoms with Crippen LogP contribution in [0.1, 0.15) is 0 Å². The summed E-state index contributed by atoms with van der Waals surface area (Å²) in [6, 6.07) is 11.0. The SMILES string of the molecule is O=C(Cn1cnc2ccccc2c1=O)NCC(=O)Nc1cc(Cl)ccc1O. The van der Waals surface area contributed by atoms with Gasteiger partial charge in [0, 0.05) is 5.02 Å². The highest BCUT2D eigenvalue weighted by atomic mass is 35.5. The van der Waals surface area contributed by atoms with E-state index >= 15 is 0 Å². The maximum absolute atomic E-state index is 12.3. The van der Waals surface area contributed by atoms with Crippen LogP contribution in [0, 0.1) is 0 Å². The number of amides is 2. The molecule has 2 amide bonds. The summed E-state index contributed by atoms with van der Waals surface area (Å²) in [6.07, 6.45) is 1.29. The number of carbonyl (C=O) groups excluding carboxylic acids is 2. The second-order valence-electron chi connectivity index (χ2n) is 5.68. The number of aromatic nitrogens is 2. The monoisotopic (exact) mass is 386 g/mol. The van der Waals surface area contributed by atoms with Gasteiger partial charge in [-0.25, -0.2) is 4.98 Å². The number of nitrogens with zero attached hydrogens (tertiary/aromatic N) is 2. The lowest BCUT2D eigenvalue weighted by atomic mass is 10.2. The number of rotatable bonds is 5. The fourth-order valence-electron chi connectivity index (χ4n) is 2.41. The highest BCUT2D eigenvalue weighted by molar-refractivity contribution is 6.31. The van der Waals surface area contributed by atoms with Crippen molar-refractivity contribution in [3.8, 4) is 5.75 Å². The lowest BCUT2D eigenvalue weighted by molar-refractivity contribution is -0.124. The summed E-state index contributed by atoms with van der Waals surface area (Å²) in [5, 5.41) is 15.3. The Balaban J connectivity index is 1.60. The zero-order valence-corrected chi connectivity index (χ0v) is 14.7. The molecular formula is C18H15ClN4O4. The van der Waals surface area contributed by atoms with Gasteiger partial charge in [0.2, 0.25) is 11.8 Å². The number of para-hydroxylation sites is 1. The number of halogens is 1. The van der Waals surface area contributed by atoms with Gasteiger partial charge in [0.25, 0.3) is 5.56 Å². The van der Waals surface area contributed by atoms with E-state index in [-0.39, 0.29) is 30.1 Å². The van der Waals surface area contributed by atoms with Gasteiger partial charge < -0.3 is 15.7 Å². The van der Waals surface area contributed by atoms with Crippen LogP contribution in [0.25, 0.3) is 10.9 Å². The van der Waals surface area contributed by atoms with Crippen molar-refractivity contribution in [3.63, 3.8) is 0 Å². The number of fused-ring (bicyclic) bond motifs is 1. The van der Waals surface area contributed by atoms with Crippen molar-refractivity contribution in [2.45, 2.75) is 6.54 Å². The quantitative estimate of drug-likeness (QED) is 0.575. The Morgan fingerprint density at radius 1 is 1.15 bits per heavy atom. The van der Waals surface area contributed by atoms with Gasteiger partial charge >= 0.3 is 0 Å². The van der Waals surface area contributed by atoms with Crippen LogP contribution in [0.5, 0.6) is 5.75 Å². The van der Waals surface area contributed by atoms with Crippen molar-refractivity contribution in [1.82, 2.24) is 14.9 Å². The third kappa shape index (κ3) is 4.42. The van der Waals surface area contributed by atoms with E-state index in [1.165, 1.54) is 29.1 Å². The Morgan fingerprint density at radius 2 is 1.93 bits per heavy atom. The molecule has 1 aromatic heterocycles. The van der Waals surface area contributed by atoms with Crippen LogP contribution in [0.3, 0.4) is 0 Å². The first-order valence-corrected chi connectivity index (χ1v) is 8.31. The van der Waals surface area contributed by atoms with E-state index in [0.29, 0.717) is 15.9 Å². The zero-order valence-electron chi connectivity index (χ0n) is 14.0. The molecule has 9 heteroatoms. The minimum Gasteiger partial charge on any atom is -0.506 e. The van der Waals surface area contributed by atoms with Crippen molar-refractivity contribution in [2.75, 3.05) is 11.9 Å². The molecule has 0 aliphatic rings. The van der Waals surface area contributed by atoms with Crippen molar-refractivity contribution >= 4 is 40.0 Å². The van der Waals surface area contributed by atoms with E-state index in [1.54, 1.807) is 24.3 Å². The summed E-state index contributed by atoms with van der Waals surface area (Å²) in [6.45, 7) is -0.604. The molecule has 1 heterocycles. The number of hydrogen-bond donors (Lipinski definition) is 3. The molecule has 0 unspecified atom stereocenters. The lowest BCUT2D eigenvalue weighted by Crippen LogP contribution is -2.37. The number of anilines is 1. The van der Waals surface area contributed by atoms with E-state index in [1.807, 2.05) is 0 Å². The average molecular weight is 387 g/mol. The van der Waals surface area contributed by atoms with E-state index in [2.05, 4.69) is 15.6 Å². The molecule has 2 aromatic carbocycles. The maximum Gasteiger partial charge on any atom is 0.261 e. The van der Waals surface area contributed by atoms with Crippen LogP contribution in [-0.4, -0.2) is 33.0 Å². The Kier molecular flexibility index (Phi) is 5.37. The minimum atomic E-state index is -0.551. The van der Waals surface area contributed by atoms with E-state index in [9.17, 15) is 19.5 Å². The Morgan fingerprint density at radius 3 is 2.74 bits per heavy atom. The fraction of sp³-hybridized carbons (Fsp3) is 0.111. The summed E-state index contributed by atoms with van der Waals surface area (Å²) < 4.78 is 1.17. The minimum absolute atomic E-state index is 0.136. The van der Waals surface area contributed by atoms with Gasteiger partial charge in [-0.3, -0.25) is 19.0 Å². The normalized spacial score (nSPS) is 10.6. The Hall–Kier alpha value is -3.39. The van der Waals surface area contributed by atoms with Crippen molar-refractivity contribution in [3.05, 3.63) is 64.2 Å². The molecule has 3 N–H and O–H groups in total. The summed E-state index contributed by atoms with van der Waals surface area (Å²) in [5.74, 6) is -1.22. The largest absolute Gasteiger partial charge is 0.506 e. The van der Waals surface area contributed by atoms with E-state index < -0.39 is 11.8 Å². The molecule has 0 radical (unpaired) electrons. The first kappa shape index (κ1) is 18.4. The van der Waals surface area contributed by atoms with Gasteiger partial charge in [-0.2, -0.15) is 0 Å². The molecule has 8 nitrogen and oxygen atoms in total. The average Bonchev–Trinajstić information content (AvgIpc) is 2.65. The van der Waals surface area contributed by atoms with Crippen molar-refractivity contribution in [1.29, 1.82) is 0 Å². The number of benzene rings is 2. The standard InChI is InChI=1S/C18H15ClN4O4/c19-11-5-6-15(24)14(7-11)22-16(25)8-20-17(26)9-23-10-21-13-4-2-1-3-12(13)18(23)27/h1-7,10,24H,8-9H2,(H,20,26)(H,22,25). The predicted octanol–water partition coefficient (Wildman–Crippen LogP) is 1.51. The summed E-state index contributed by atoms with van der Waals surface area (Å²) in [5.41, 5.74) is 0.334. The molecule has 0 bridgehead atoms. The van der Waals surface area contributed by atoms with Gasteiger partial charge in [-0.15, -0.1) is 0 Å². The lowest BCUT2D eigenvalue weighted by Gasteiger charge is -2.10. The predicted molar refractivity (Wildman–Crippen MR) is 101 cm³/mol. The second-order valence-corrected chi connectivity index (χ2v) is 6.12. The van der Waals surface area contributed by atoms with Crippen LogP contribution < -0.4 is 16.2 Å². The maximum atomic E-state index is 12.3. The van der Waals surface area contributed by atoms with Crippen molar-refractivity contribution < 1.29 is 14.7 Å². The Labute approximate surface area is 158 Å². The molecule has 27 heavy (non-hydrogen) atoms. The van der Waals surface area contributed by atoms with Gasteiger partial charge in [-0.1, -0.05) is 23.7 Å². The summed E-state index contributed by atoms with van der Waals surface area (Å²) in [7, 11) is 0. The fourth-order valence-corrected chi connectivity index (χ4v) is 2.58. The molecule has 3 rings (SSSR count). The molecule has 0 fully saturated rings. The van der Waals surface area contributed by atoms with Gasteiger partial charge in [0.1, 0.15) is 12.3 Å². The highest BCUT2D eigenvalue weighted by Gasteiger charge is 2.11. The number of phenols is 1. The molecule has 0 atom stereocenters. The number of nitrogens with one attached hydrogen (secondary N) is 2. The van der Waals surface area contributed by atoms with Crippen LogP contribution in [0.15, 0.2) is 53.6 Å². The highest BCUT2D eigenvalue weighted by Crippen LogP contribution is 2.26. The molecule has 0 saturated carbocycles. The van der Waals surface area contributed by atoms with Crippen molar-refractivity contribution in [2.24, 2.45) is 0 Å². The van der Waals surface area contributed by atoms with Gasteiger partial charge in [0.05, 0.1) is 29.5 Å². The number of carbonyl (C=O) groups is 2. The van der Waals surface area contributed by atoms with Crippen LogP contribution >= 0.6 is 11.6 Å². The molecule has 0 aliphatic carbocycles. The molecular weight excluding hydrogens is 372 g/mol. The summed E-state index contributed by atoms with van der Waals surface area (Å²) >= 11 is 5.80. The third-order valence-electron chi connectivity index (χ3n) is 3.72. The second kappa shape index (κ2) is 7.88. The van der Waals surface area contributed by atoms with Crippen LogP contribution in [-0.2, 0) is 16.1 Å². The smallest absolute Gasteiger partial charge is 0.261 e. The summed E-state index contributed by atoms with van der Waals surface area (Å²) in [4.78, 5) is 40.4. The van der Waals surface area contributed by atoms with E-state index in [4.69, 9.17) is 11.6 Å². The molecule has 0 saturated heterocycles. The zero-order chi connectivity index (χ0) is 19.4. The topological polar surface area (TPSA) is 113 Å². The first-order chi connectivity index (χ1) is 12.9. The van der Waals surface area contributed by atoms with E-state index in [0.717, 1.165) is 0 Å². The number of aromatic hydroxyl groups is 1. The molecule has 138 valence electrons. The first-order valence-electron chi connectivity index (χ1n) is 7.93. The third-order valence-corrected chi connectivity index (χ3v) is 3.96. The van der Waals surface area contributed by atoms with Crippen LogP contribution in [0.2, 0.25) is 5.02 Å². The Bertz CT molecular complexity index is 1080. The number of phenolic OH excluding ortho intramolecular Hbond substituents is 1. The number of hydrogen-bond acceptors (Lipinski definition) is 5. The van der Waals surface area contributed by atoms with Gasteiger partial charge in [0.15, 0.2) is 0 Å². The van der Waals surface area contributed by atoms with Gasteiger partial charge in [-0.05, 0) is 30.3 Å². The molecule has 0 spiro atoms. The molecule has 3 aromatic rings.